The van der Waals surface area contributed by atoms with Crippen LogP contribution in [-0.2, 0) is 0 Å². The second-order valence-electron chi connectivity index (χ2n) is 3.63. The van der Waals surface area contributed by atoms with E-state index in [1.807, 2.05) is 30.3 Å². The van der Waals surface area contributed by atoms with Crippen molar-refractivity contribution >= 4 is 11.6 Å². The summed E-state index contributed by atoms with van der Waals surface area (Å²) in [5, 5.41) is -0.0822. The molecule has 2 N–H and O–H groups in total. The molecule has 1 nitrogen and oxygen atoms in total. The Bertz CT molecular complexity index is 246. The summed E-state index contributed by atoms with van der Waals surface area (Å²) in [5.41, 5.74) is 7.06. The van der Waals surface area contributed by atoms with Gasteiger partial charge in [0.2, 0.25) is 0 Å². The highest BCUT2D eigenvalue weighted by molar-refractivity contribution is 6.21. The molecule has 0 aliphatic carbocycles. The molecule has 0 saturated carbocycles. The molecule has 0 aliphatic rings. The quantitative estimate of drug-likeness (QED) is 0.741. The van der Waals surface area contributed by atoms with Crippen molar-refractivity contribution in [3.63, 3.8) is 0 Å². The van der Waals surface area contributed by atoms with Gasteiger partial charge in [0.1, 0.15) is 0 Å². The maximum Gasteiger partial charge on any atom is 0.0738 e. The summed E-state index contributed by atoms with van der Waals surface area (Å²) >= 11 is 6.23. The number of alkyl halides is 1. The minimum absolute atomic E-state index is 0.0177. The first kappa shape index (κ1) is 10.6. The normalized spacial score (nSPS) is 15.8. The summed E-state index contributed by atoms with van der Waals surface area (Å²) in [6.07, 6.45) is 0. The monoisotopic (exact) mass is 197 g/mol. The average Bonchev–Trinajstić information content (AvgIpc) is 2.17. The van der Waals surface area contributed by atoms with Gasteiger partial charge in [0.25, 0.3) is 0 Å². The van der Waals surface area contributed by atoms with E-state index in [-0.39, 0.29) is 11.4 Å². The molecule has 1 aromatic rings. The lowest BCUT2D eigenvalue weighted by Crippen LogP contribution is -2.30. The van der Waals surface area contributed by atoms with Crippen molar-refractivity contribution in [1.82, 2.24) is 0 Å². The molecule has 2 heteroatoms. The molecule has 1 aromatic carbocycles. The maximum absolute atomic E-state index is 6.23. The Hall–Kier alpha value is -0.530. The molecule has 0 spiro atoms. The molecule has 2 atom stereocenters. The Morgan fingerprint density at radius 1 is 1.15 bits per heavy atom. The van der Waals surface area contributed by atoms with Gasteiger partial charge >= 0.3 is 0 Å². The smallest absolute Gasteiger partial charge is 0.0738 e. The summed E-state index contributed by atoms with van der Waals surface area (Å²) in [7, 11) is 0. The molecular weight excluding hydrogens is 182 g/mol. The van der Waals surface area contributed by atoms with Crippen LogP contribution in [0.4, 0.5) is 0 Å². The van der Waals surface area contributed by atoms with Crippen LogP contribution in [0.25, 0.3) is 0 Å². The molecule has 13 heavy (non-hydrogen) atoms. The van der Waals surface area contributed by atoms with E-state index in [9.17, 15) is 0 Å². The standard InChI is InChI=1S/C11H16ClN/c1-8(2)11(13)10(12)9-6-4-3-5-7-9/h3-8,10-11H,13H2,1-2H3/t10-,11-/m0/s1. The minimum Gasteiger partial charge on any atom is -0.326 e. The van der Waals surface area contributed by atoms with Crippen LogP contribution in [0, 0.1) is 5.92 Å². The van der Waals surface area contributed by atoms with Gasteiger partial charge in [-0.2, -0.15) is 0 Å². The van der Waals surface area contributed by atoms with Crippen molar-refractivity contribution in [1.29, 1.82) is 0 Å². The molecule has 0 radical (unpaired) electrons. The van der Waals surface area contributed by atoms with E-state index in [4.69, 9.17) is 17.3 Å². The third-order valence-corrected chi connectivity index (χ3v) is 2.77. The van der Waals surface area contributed by atoms with Crippen molar-refractivity contribution in [3.8, 4) is 0 Å². The van der Waals surface area contributed by atoms with Crippen molar-refractivity contribution in [3.05, 3.63) is 35.9 Å². The highest BCUT2D eigenvalue weighted by Gasteiger charge is 2.19. The predicted octanol–water partition coefficient (Wildman–Crippen LogP) is 2.95. The van der Waals surface area contributed by atoms with Crippen molar-refractivity contribution in [2.24, 2.45) is 11.7 Å². The topological polar surface area (TPSA) is 26.0 Å². The van der Waals surface area contributed by atoms with Crippen LogP contribution in [-0.4, -0.2) is 6.04 Å². The first-order chi connectivity index (χ1) is 6.13. The molecule has 0 saturated heterocycles. The van der Waals surface area contributed by atoms with Gasteiger partial charge in [-0.25, -0.2) is 0 Å². The number of hydrogen-bond donors (Lipinski definition) is 1. The molecule has 0 bridgehead atoms. The zero-order chi connectivity index (χ0) is 9.84. The van der Waals surface area contributed by atoms with Gasteiger partial charge in [0, 0.05) is 6.04 Å². The highest BCUT2D eigenvalue weighted by atomic mass is 35.5. The Labute approximate surface area is 84.9 Å². The van der Waals surface area contributed by atoms with Crippen molar-refractivity contribution in [2.45, 2.75) is 25.3 Å². The number of nitrogens with two attached hydrogens (primary N) is 1. The summed E-state index contributed by atoms with van der Waals surface area (Å²) in [5.74, 6) is 0.405. The van der Waals surface area contributed by atoms with Crippen molar-refractivity contribution in [2.75, 3.05) is 0 Å². The van der Waals surface area contributed by atoms with Gasteiger partial charge in [-0.3, -0.25) is 0 Å². The second kappa shape index (κ2) is 4.64. The SMILES string of the molecule is CC(C)[C@H](N)[C@@H](Cl)c1ccccc1. The number of rotatable bonds is 3. The fourth-order valence-corrected chi connectivity index (χ4v) is 1.63. The Morgan fingerprint density at radius 3 is 2.15 bits per heavy atom. The van der Waals surface area contributed by atoms with Crippen LogP contribution in [0.2, 0.25) is 0 Å². The number of benzene rings is 1. The summed E-state index contributed by atoms with van der Waals surface area (Å²) < 4.78 is 0. The third kappa shape index (κ3) is 2.71. The molecule has 0 unspecified atom stereocenters. The van der Waals surface area contributed by atoms with Crippen LogP contribution in [0.1, 0.15) is 24.8 Å². The Kier molecular flexibility index (Phi) is 3.76. The molecule has 1 rings (SSSR count). The molecule has 0 fully saturated rings. The average molecular weight is 198 g/mol. The van der Waals surface area contributed by atoms with Crippen molar-refractivity contribution < 1.29 is 0 Å². The molecular formula is C11H16ClN. The lowest BCUT2D eigenvalue weighted by Gasteiger charge is -2.21. The van der Waals surface area contributed by atoms with Gasteiger partial charge in [-0.1, -0.05) is 44.2 Å². The van der Waals surface area contributed by atoms with E-state index < -0.39 is 0 Å². The van der Waals surface area contributed by atoms with Crippen LogP contribution in [0.15, 0.2) is 30.3 Å². The fraction of sp³-hybridized carbons (Fsp3) is 0.455. The maximum atomic E-state index is 6.23. The third-order valence-electron chi connectivity index (χ3n) is 2.23. The van der Waals surface area contributed by atoms with E-state index in [0.717, 1.165) is 5.56 Å². The first-order valence-electron chi connectivity index (χ1n) is 4.57. The van der Waals surface area contributed by atoms with E-state index >= 15 is 0 Å². The molecule has 0 aliphatic heterocycles. The Morgan fingerprint density at radius 2 is 1.69 bits per heavy atom. The van der Waals surface area contributed by atoms with Crippen LogP contribution in [0.5, 0.6) is 0 Å². The predicted molar refractivity (Wildman–Crippen MR) is 57.8 cm³/mol. The van der Waals surface area contributed by atoms with Gasteiger partial charge in [-0.05, 0) is 11.5 Å². The lowest BCUT2D eigenvalue weighted by molar-refractivity contribution is 0.479. The fourth-order valence-electron chi connectivity index (χ4n) is 1.20. The van der Waals surface area contributed by atoms with Gasteiger partial charge < -0.3 is 5.73 Å². The number of hydrogen-bond acceptors (Lipinski definition) is 1. The lowest BCUT2D eigenvalue weighted by atomic mass is 9.97. The van der Waals surface area contributed by atoms with Gasteiger partial charge in [0.15, 0.2) is 0 Å². The van der Waals surface area contributed by atoms with Crippen LogP contribution in [0.3, 0.4) is 0 Å². The molecule has 72 valence electrons. The Balaban J connectivity index is 2.73. The number of halogens is 1. The van der Waals surface area contributed by atoms with E-state index in [2.05, 4.69) is 13.8 Å². The first-order valence-corrected chi connectivity index (χ1v) is 5.01. The molecule has 0 heterocycles. The van der Waals surface area contributed by atoms with E-state index in [1.165, 1.54) is 0 Å². The van der Waals surface area contributed by atoms with Crippen LogP contribution < -0.4 is 5.73 Å². The molecule has 0 amide bonds. The second-order valence-corrected chi connectivity index (χ2v) is 4.10. The highest BCUT2D eigenvalue weighted by Crippen LogP contribution is 2.26. The molecule has 0 aromatic heterocycles. The van der Waals surface area contributed by atoms with Gasteiger partial charge in [-0.15, -0.1) is 11.6 Å². The largest absolute Gasteiger partial charge is 0.326 e. The summed E-state index contributed by atoms with van der Waals surface area (Å²) in [6, 6.07) is 9.99. The minimum atomic E-state index is -0.0822. The van der Waals surface area contributed by atoms with E-state index in [0.29, 0.717) is 5.92 Å². The summed E-state index contributed by atoms with van der Waals surface area (Å²) in [4.78, 5) is 0. The van der Waals surface area contributed by atoms with Gasteiger partial charge in [0.05, 0.1) is 5.38 Å². The zero-order valence-corrected chi connectivity index (χ0v) is 8.83. The summed E-state index contributed by atoms with van der Waals surface area (Å²) in [6.45, 7) is 4.17. The van der Waals surface area contributed by atoms with Crippen LogP contribution >= 0.6 is 11.6 Å². The zero-order valence-electron chi connectivity index (χ0n) is 8.07. The van der Waals surface area contributed by atoms with E-state index in [1.54, 1.807) is 0 Å².